The monoisotopic (exact) mass is 277 g/mol. The second kappa shape index (κ2) is 6.49. The van der Waals surface area contributed by atoms with Crippen LogP contribution in [-0.2, 0) is 14.6 Å². The fraction of sp³-hybridized carbons (Fsp3) is 0.909. The van der Waals surface area contributed by atoms with Gasteiger partial charge in [0, 0.05) is 52.6 Å². The lowest BCUT2D eigenvalue weighted by atomic mass is 10.3. The van der Waals surface area contributed by atoms with Crippen molar-refractivity contribution in [2.45, 2.75) is 12.2 Å². The summed E-state index contributed by atoms with van der Waals surface area (Å²) in [6.45, 7) is 6.69. The van der Waals surface area contributed by atoms with Crippen LogP contribution in [0.15, 0.2) is 0 Å². The maximum absolute atomic E-state index is 11.9. The van der Waals surface area contributed by atoms with Crippen LogP contribution in [0.1, 0.15) is 6.92 Å². The Bertz CT molecular complexity index is 377. The van der Waals surface area contributed by atoms with Gasteiger partial charge in [0.05, 0.1) is 0 Å². The number of carbonyl (C=O) groups is 1. The zero-order chi connectivity index (χ0) is 13.8. The fourth-order valence-electron chi connectivity index (χ4n) is 1.83. The van der Waals surface area contributed by atoms with Crippen molar-refractivity contribution in [3.8, 4) is 0 Å². The second-order valence-corrected chi connectivity index (χ2v) is 7.19. The third kappa shape index (κ3) is 4.55. The Morgan fingerprint density at radius 3 is 2.44 bits per heavy atom. The van der Waals surface area contributed by atoms with Crippen molar-refractivity contribution < 1.29 is 13.2 Å². The first-order valence-corrected chi connectivity index (χ1v) is 8.14. The molecule has 0 aromatic carbocycles. The van der Waals surface area contributed by atoms with Gasteiger partial charge in [-0.15, -0.1) is 0 Å². The highest BCUT2D eigenvalue weighted by Gasteiger charge is 2.26. The van der Waals surface area contributed by atoms with E-state index in [0.717, 1.165) is 39.0 Å². The molecule has 1 fully saturated rings. The fourth-order valence-corrected chi connectivity index (χ4v) is 2.38. The van der Waals surface area contributed by atoms with E-state index in [2.05, 4.69) is 10.2 Å². The molecule has 1 unspecified atom stereocenters. The number of piperazine rings is 1. The molecule has 1 aliphatic rings. The average molecular weight is 277 g/mol. The summed E-state index contributed by atoms with van der Waals surface area (Å²) in [6.07, 6.45) is 1.10. The Balaban J connectivity index is 2.40. The number of hydrogen-bond donors (Lipinski definition) is 1. The quantitative estimate of drug-likeness (QED) is 0.682. The van der Waals surface area contributed by atoms with Crippen molar-refractivity contribution in [3.05, 3.63) is 0 Å². The van der Waals surface area contributed by atoms with E-state index in [-0.39, 0.29) is 5.91 Å². The lowest BCUT2D eigenvalue weighted by Gasteiger charge is -2.29. The molecule has 1 heterocycles. The topological polar surface area (TPSA) is 69.7 Å². The average Bonchev–Trinajstić information content (AvgIpc) is 2.34. The van der Waals surface area contributed by atoms with Crippen molar-refractivity contribution in [1.82, 2.24) is 15.1 Å². The van der Waals surface area contributed by atoms with Gasteiger partial charge in [-0.05, 0) is 6.92 Å². The van der Waals surface area contributed by atoms with Gasteiger partial charge in [0.2, 0.25) is 5.91 Å². The smallest absolute Gasteiger partial charge is 0.240 e. The van der Waals surface area contributed by atoms with Crippen LogP contribution in [-0.4, -0.2) is 81.9 Å². The molecule has 7 heteroatoms. The van der Waals surface area contributed by atoms with Crippen LogP contribution in [0, 0.1) is 0 Å². The second-order valence-electron chi connectivity index (χ2n) is 4.82. The molecule has 0 aromatic heterocycles. The van der Waals surface area contributed by atoms with Gasteiger partial charge >= 0.3 is 0 Å². The van der Waals surface area contributed by atoms with Crippen LogP contribution < -0.4 is 5.32 Å². The van der Waals surface area contributed by atoms with Crippen LogP contribution in [0.4, 0.5) is 0 Å². The third-order valence-corrected chi connectivity index (χ3v) is 4.81. The summed E-state index contributed by atoms with van der Waals surface area (Å²) < 4.78 is 22.6. The number of nitrogens with one attached hydrogen (secondary N) is 1. The van der Waals surface area contributed by atoms with E-state index in [1.165, 1.54) is 11.8 Å². The molecule has 1 aliphatic heterocycles. The van der Waals surface area contributed by atoms with E-state index in [1.54, 1.807) is 7.05 Å². The molecular weight excluding hydrogens is 254 g/mol. The lowest BCUT2D eigenvalue weighted by molar-refractivity contribution is -0.129. The number of nitrogens with zero attached hydrogens (tertiary/aromatic N) is 2. The summed E-state index contributed by atoms with van der Waals surface area (Å²) in [4.78, 5) is 15.7. The van der Waals surface area contributed by atoms with Crippen LogP contribution in [0.2, 0.25) is 0 Å². The largest absolute Gasteiger partial charge is 0.343 e. The van der Waals surface area contributed by atoms with Gasteiger partial charge in [-0.2, -0.15) is 0 Å². The molecule has 1 saturated heterocycles. The van der Waals surface area contributed by atoms with Gasteiger partial charge in [-0.3, -0.25) is 9.69 Å². The Morgan fingerprint density at radius 2 is 1.94 bits per heavy atom. The molecule has 1 atom stereocenters. The predicted octanol–water partition coefficient (Wildman–Crippen LogP) is -1.22. The molecule has 106 valence electrons. The number of sulfone groups is 1. The minimum Gasteiger partial charge on any atom is -0.343 e. The Kier molecular flexibility index (Phi) is 5.55. The summed E-state index contributed by atoms with van der Waals surface area (Å²) in [6, 6.07) is 0. The van der Waals surface area contributed by atoms with Crippen LogP contribution in [0.5, 0.6) is 0 Å². The number of carbonyl (C=O) groups excluding carboxylic acids is 1. The van der Waals surface area contributed by atoms with Crippen molar-refractivity contribution in [3.63, 3.8) is 0 Å². The van der Waals surface area contributed by atoms with E-state index in [1.807, 2.05) is 0 Å². The van der Waals surface area contributed by atoms with E-state index in [4.69, 9.17) is 0 Å². The minimum atomic E-state index is -3.31. The van der Waals surface area contributed by atoms with Crippen LogP contribution in [0.3, 0.4) is 0 Å². The Morgan fingerprint density at radius 1 is 1.39 bits per heavy atom. The SMILES string of the molecule is CC(C(=O)N(C)CCN1CCNCC1)S(C)(=O)=O. The highest BCUT2D eigenvalue weighted by Crippen LogP contribution is 2.03. The van der Waals surface area contributed by atoms with Crippen molar-refractivity contribution in [1.29, 1.82) is 0 Å². The van der Waals surface area contributed by atoms with E-state index in [0.29, 0.717) is 6.54 Å². The molecule has 1 rings (SSSR count). The van der Waals surface area contributed by atoms with Crippen LogP contribution >= 0.6 is 0 Å². The van der Waals surface area contributed by atoms with Gasteiger partial charge in [0.1, 0.15) is 5.25 Å². The predicted molar refractivity (Wildman–Crippen MR) is 71.3 cm³/mol. The van der Waals surface area contributed by atoms with Gasteiger partial charge in [0.15, 0.2) is 9.84 Å². The molecule has 6 nitrogen and oxygen atoms in total. The number of rotatable bonds is 5. The van der Waals surface area contributed by atoms with Crippen molar-refractivity contribution >= 4 is 15.7 Å². The zero-order valence-corrected chi connectivity index (χ0v) is 12.2. The number of amides is 1. The van der Waals surface area contributed by atoms with Gasteiger partial charge < -0.3 is 10.2 Å². The standard InChI is InChI=1S/C11H23N3O3S/c1-10(18(3,16)17)11(15)13(2)8-9-14-6-4-12-5-7-14/h10,12H,4-9H2,1-3H3. The first kappa shape index (κ1) is 15.4. The van der Waals surface area contributed by atoms with E-state index >= 15 is 0 Å². The summed E-state index contributed by atoms with van der Waals surface area (Å²) >= 11 is 0. The zero-order valence-electron chi connectivity index (χ0n) is 11.3. The molecule has 0 bridgehead atoms. The Hall–Kier alpha value is -0.660. The molecule has 1 N–H and O–H groups in total. The summed E-state index contributed by atoms with van der Waals surface area (Å²) in [5, 5.41) is 2.31. The highest BCUT2D eigenvalue weighted by molar-refractivity contribution is 7.92. The Labute approximate surface area is 109 Å². The maximum Gasteiger partial charge on any atom is 0.240 e. The molecule has 1 amide bonds. The van der Waals surface area contributed by atoms with Crippen molar-refractivity contribution in [2.75, 3.05) is 52.6 Å². The molecule has 0 aliphatic carbocycles. The minimum absolute atomic E-state index is 0.326. The molecule has 0 aromatic rings. The summed E-state index contributed by atoms with van der Waals surface area (Å²) in [7, 11) is -1.65. The van der Waals surface area contributed by atoms with Gasteiger partial charge in [-0.25, -0.2) is 8.42 Å². The first-order chi connectivity index (χ1) is 8.32. The van der Waals surface area contributed by atoms with Crippen LogP contribution in [0.25, 0.3) is 0 Å². The lowest BCUT2D eigenvalue weighted by Crippen LogP contribution is -2.47. The van der Waals surface area contributed by atoms with E-state index in [9.17, 15) is 13.2 Å². The molecule has 0 saturated carbocycles. The van der Waals surface area contributed by atoms with Crippen molar-refractivity contribution in [2.24, 2.45) is 0 Å². The molecule has 18 heavy (non-hydrogen) atoms. The molecular formula is C11H23N3O3S. The summed E-state index contributed by atoms with van der Waals surface area (Å²) in [5.41, 5.74) is 0. The maximum atomic E-state index is 11.9. The highest BCUT2D eigenvalue weighted by atomic mass is 32.2. The molecule has 0 spiro atoms. The van der Waals surface area contributed by atoms with E-state index < -0.39 is 15.1 Å². The van der Waals surface area contributed by atoms with Gasteiger partial charge in [0.25, 0.3) is 0 Å². The van der Waals surface area contributed by atoms with Gasteiger partial charge in [-0.1, -0.05) is 0 Å². The first-order valence-electron chi connectivity index (χ1n) is 6.19. The normalized spacial score (nSPS) is 19.5. The summed E-state index contributed by atoms with van der Waals surface area (Å²) in [5.74, 6) is -0.326. The molecule has 0 radical (unpaired) electrons. The number of likely N-dealkylation sites (N-methyl/N-ethyl adjacent to an activating group) is 1. The third-order valence-electron chi connectivity index (χ3n) is 3.33. The number of hydrogen-bond acceptors (Lipinski definition) is 5.